The molecule has 0 aliphatic carbocycles. The molecule has 0 aromatic carbocycles. The molecule has 0 aliphatic rings. The molecule has 62 valence electrons. The summed E-state index contributed by atoms with van der Waals surface area (Å²) in [7, 11) is 0. The van der Waals surface area contributed by atoms with Crippen LogP contribution in [0.1, 0.15) is 16.2 Å². The number of carbonyl (C=O) groups is 1. The number of hydrogen-bond donors (Lipinski definition) is 1. The summed E-state index contributed by atoms with van der Waals surface area (Å²) >= 11 is 0. The van der Waals surface area contributed by atoms with Crippen LogP contribution in [0.5, 0.6) is 0 Å². The summed E-state index contributed by atoms with van der Waals surface area (Å²) in [5.41, 5.74) is 1.05. The first-order chi connectivity index (χ1) is 5.70. The molecule has 0 radical (unpaired) electrons. The highest BCUT2D eigenvalue weighted by Gasteiger charge is 2.15. The smallest absolute Gasteiger partial charge is 0.360 e. The summed E-state index contributed by atoms with van der Waals surface area (Å²) in [5.74, 6) is -1.08. The Bertz CT molecular complexity index is 440. The molecular formula is C7H6N2O3. The van der Waals surface area contributed by atoms with Crippen molar-refractivity contribution < 1.29 is 14.3 Å². The molecule has 5 nitrogen and oxygen atoms in total. The van der Waals surface area contributed by atoms with Crippen molar-refractivity contribution in [1.29, 1.82) is 0 Å². The number of carboxylic acid groups (broad SMARTS) is 1. The quantitative estimate of drug-likeness (QED) is 0.684. The number of hydrogen-bond acceptors (Lipinski definition) is 3. The first kappa shape index (κ1) is 6.90. The lowest BCUT2D eigenvalue weighted by atomic mass is 10.5. The number of oxazole rings is 1. The lowest BCUT2D eigenvalue weighted by Gasteiger charge is -1.83. The number of imidazole rings is 1. The van der Waals surface area contributed by atoms with Gasteiger partial charge >= 0.3 is 5.97 Å². The molecule has 0 aliphatic heterocycles. The Morgan fingerprint density at radius 1 is 1.75 bits per heavy atom. The lowest BCUT2D eigenvalue weighted by Crippen LogP contribution is -1.96. The molecular weight excluding hydrogens is 160 g/mol. The molecule has 0 fully saturated rings. The molecule has 0 atom stereocenters. The Balaban J connectivity index is 2.79. The third-order valence-corrected chi connectivity index (χ3v) is 1.65. The standard InChI is InChI=1S/C7H6N2O3/c1-4-2-12-6-5(7(10)11)8-3-9(4)6/h2-3H,1H3,(H,10,11). The van der Waals surface area contributed by atoms with Crippen molar-refractivity contribution >= 4 is 11.7 Å². The van der Waals surface area contributed by atoms with E-state index in [1.807, 2.05) is 6.92 Å². The van der Waals surface area contributed by atoms with Crippen molar-refractivity contribution in [3.05, 3.63) is 24.0 Å². The Morgan fingerprint density at radius 3 is 3.17 bits per heavy atom. The Labute approximate surface area is 67.2 Å². The van der Waals surface area contributed by atoms with Crippen LogP contribution in [0.15, 0.2) is 17.0 Å². The van der Waals surface area contributed by atoms with Gasteiger partial charge in [0.05, 0.1) is 5.69 Å². The highest BCUT2D eigenvalue weighted by atomic mass is 16.4. The Kier molecular flexibility index (Phi) is 1.21. The number of carboxylic acids is 1. The molecule has 2 aromatic rings. The average molecular weight is 166 g/mol. The first-order valence-electron chi connectivity index (χ1n) is 3.34. The van der Waals surface area contributed by atoms with Gasteiger partial charge in [0.15, 0.2) is 0 Å². The van der Waals surface area contributed by atoms with Crippen LogP contribution in [-0.4, -0.2) is 20.5 Å². The van der Waals surface area contributed by atoms with E-state index in [1.165, 1.54) is 12.6 Å². The van der Waals surface area contributed by atoms with Crippen molar-refractivity contribution in [2.45, 2.75) is 6.92 Å². The first-order valence-corrected chi connectivity index (χ1v) is 3.34. The van der Waals surface area contributed by atoms with E-state index in [1.54, 1.807) is 4.40 Å². The summed E-state index contributed by atoms with van der Waals surface area (Å²) < 4.78 is 6.59. The molecule has 12 heavy (non-hydrogen) atoms. The zero-order chi connectivity index (χ0) is 8.72. The van der Waals surface area contributed by atoms with Crippen LogP contribution >= 0.6 is 0 Å². The van der Waals surface area contributed by atoms with E-state index in [4.69, 9.17) is 9.52 Å². The highest BCUT2D eigenvalue weighted by molar-refractivity contribution is 5.91. The molecule has 0 amide bonds. The van der Waals surface area contributed by atoms with E-state index in [2.05, 4.69) is 4.98 Å². The summed E-state index contributed by atoms with van der Waals surface area (Å²) in [6, 6.07) is 0. The van der Waals surface area contributed by atoms with E-state index >= 15 is 0 Å². The van der Waals surface area contributed by atoms with Gasteiger partial charge < -0.3 is 9.52 Å². The number of aryl methyl sites for hydroxylation is 1. The van der Waals surface area contributed by atoms with Crippen molar-refractivity contribution in [3.8, 4) is 0 Å². The maximum absolute atomic E-state index is 10.5. The van der Waals surface area contributed by atoms with Crippen LogP contribution in [-0.2, 0) is 0 Å². The van der Waals surface area contributed by atoms with Crippen LogP contribution in [0.2, 0.25) is 0 Å². The number of rotatable bonds is 1. The fourth-order valence-electron chi connectivity index (χ4n) is 1.05. The van der Waals surface area contributed by atoms with Crippen LogP contribution < -0.4 is 0 Å². The molecule has 5 heteroatoms. The second-order valence-corrected chi connectivity index (χ2v) is 2.45. The van der Waals surface area contributed by atoms with E-state index in [9.17, 15) is 4.79 Å². The van der Waals surface area contributed by atoms with Gasteiger partial charge in [-0.15, -0.1) is 0 Å². The van der Waals surface area contributed by atoms with Gasteiger partial charge in [0.2, 0.25) is 11.4 Å². The molecule has 0 unspecified atom stereocenters. The summed E-state index contributed by atoms with van der Waals surface area (Å²) in [6.45, 7) is 1.81. The van der Waals surface area contributed by atoms with Crippen LogP contribution in [0.3, 0.4) is 0 Å². The van der Waals surface area contributed by atoms with Gasteiger partial charge in [0, 0.05) is 0 Å². The lowest BCUT2D eigenvalue weighted by molar-refractivity contribution is 0.0692. The van der Waals surface area contributed by atoms with Crippen molar-refractivity contribution in [2.24, 2.45) is 0 Å². The molecule has 0 saturated heterocycles. The van der Waals surface area contributed by atoms with Gasteiger partial charge in [-0.1, -0.05) is 0 Å². The van der Waals surface area contributed by atoms with Crippen LogP contribution in [0.25, 0.3) is 5.71 Å². The van der Waals surface area contributed by atoms with Crippen LogP contribution in [0, 0.1) is 6.92 Å². The van der Waals surface area contributed by atoms with Crippen molar-refractivity contribution in [3.63, 3.8) is 0 Å². The molecule has 0 bridgehead atoms. The fraction of sp³-hybridized carbons (Fsp3) is 0.143. The van der Waals surface area contributed by atoms with Gasteiger partial charge in [-0.2, -0.15) is 0 Å². The topological polar surface area (TPSA) is 67.7 Å². The minimum absolute atomic E-state index is 0.0527. The summed E-state index contributed by atoms with van der Waals surface area (Å²) in [5, 5.41) is 8.65. The fourth-order valence-corrected chi connectivity index (χ4v) is 1.05. The SMILES string of the molecule is Cc1coc2c(C(=O)O)ncn12. The van der Waals surface area contributed by atoms with Crippen molar-refractivity contribution in [2.75, 3.05) is 0 Å². The molecule has 2 rings (SSSR count). The molecule has 2 heterocycles. The molecule has 0 saturated carbocycles. The Morgan fingerprint density at radius 2 is 2.50 bits per heavy atom. The summed E-state index contributed by atoms with van der Waals surface area (Å²) in [6.07, 6.45) is 2.92. The van der Waals surface area contributed by atoms with Gasteiger partial charge in [0.25, 0.3) is 0 Å². The summed E-state index contributed by atoms with van der Waals surface area (Å²) in [4.78, 5) is 14.2. The largest absolute Gasteiger partial charge is 0.476 e. The maximum atomic E-state index is 10.5. The van der Waals surface area contributed by atoms with Gasteiger partial charge in [-0.3, -0.25) is 4.40 Å². The minimum atomic E-state index is -1.08. The normalized spacial score (nSPS) is 10.8. The van der Waals surface area contributed by atoms with E-state index in [0.717, 1.165) is 5.69 Å². The average Bonchev–Trinajstić information content (AvgIpc) is 2.53. The molecule has 1 N–H and O–H groups in total. The second-order valence-electron chi connectivity index (χ2n) is 2.45. The monoisotopic (exact) mass is 166 g/mol. The second kappa shape index (κ2) is 2.10. The van der Waals surface area contributed by atoms with Gasteiger partial charge in [-0.25, -0.2) is 9.78 Å². The van der Waals surface area contributed by atoms with E-state index < -0.39 is 5.97 Å². The Hall–Kier alpha value is -1.78. The number of aromatic nitrogens is 2. The predicted octanol–water partition coefficient (Wildman–Crippen LogP) is 0.934. The van der Waals surface area contributed by atoms with E-state index in [0.29, 0.717) is 0 Å². The third kappa shape index (κ3) is 0.730. The molecule has 2 aromatic heterocycles. The predicted molar refractivity (Wildman–Crippen MR) is 39.2 cm³/mol. The number of nitrogens with zero attached hydrogens (tertiary/aromatic N) is 2. The number of fused-ring (bicyclic) bond motifs is 1. The highest BCUT2D eigenvalue weighted by Crippen LogP contribution is 2.13. The van der Waals surface area contributed by atoms with Crippen LogP contribution in [0.4, 0.5) is 0 Å². The zero-order valence-electron chi connectivity index (χ0n) is 6.31. The van der Waals surface area contributed by atoms with Gasteiger partial charge in [0.1, 0.15) is 12.6 Å². The maximum Gasteiger partial charge on any atom is 0.360 e. The van der Waals surface area contributed by atoms with Crippen molar-refractivity contribution in [1.82, 2.24) is 9.38 Å². The van der Waals surface area contributed by atoms with Gasteiger partial charge in [-0.05, 0) is 6.92 Å². The molecule has 0 spiro atoms. The number of aromatic carboxylic acids is 1. The van der Waals surface area contributed by atoms with E-state index in [-0.39, 0.29) is 11.4 Å². The third-order valence-electron chi connectivity index (χ3n) is 1.65. The minimum Gasteiger partial charge on any atom is -0.476 e. The zero-order valence-corrected chi connectivity index (χ0v) is 6.31.